The maximum absolute atomic E-state index is 11.5. The third-order valence-corrected chi connectivity index (χ3v) is 3.88. The Bertz CT molecular complexity index is 908. The minimum atomic E-state index is -0.194. The van der Waals surface area contributed by atoms with E-state index in [0.29, 0.717) is 0 Å². The number of allylic oxidation sites excluding steroid dienone is 1. The highest BCUT2D eigenvalue weighted by Gasteiger charge is 2.02. The highest BCUT2D eigenvalue weighted by molar-refractivity contribution is 5.99. The fourth-order valence-electron chi connectivity index (χ4n) is 2.64. The normalized spacial score (nSPS) is 10.8. The van der Waals surface area contributed by atoms with Gasteiger partial charge in [0.05, 0.1) is 0 Å². The summed E-state index contributed by atoms with van der Waals surface area (Å²) in [5.41, 5.74) is 3.07. The summed E-state index contributed by atoms with van der Waals surface area (Å²) in [7, 11) is 0. The molecular formula is C22H19NO. The van der Waals surface area contributed by atoms with Gasteiger partial charge in [-0.1, -0.05) is 73.3 Å². The average Bonchev–Trinajstić information content (AvgIpc) is 2.63. The molecule has 0 aliphatic heterocycles. The Kier molecular flexibility index (Phi) is 4.87. The number of hydrogen-bond donors (Lipinski definition) is 1. The lowest BCUT2D eigenvalue weighted by molar-refractivity contribution is -0.111. The topological polar surface area (TPSA) is 29.1 Å². The van der Waals surface area contributed by atoms with Crippen LogP contribution in [0.5, 0.6) is 0 Å². The van der Waals surface area contributed by atoms with Gasteiger partial charge in [-0.2, -0.15) is 0 Å². The van der Waals surface area contributed by atoms with Crippen LogP contribution >= 0.6 is 0 Å². The Morgan fingerprint density at radius 1 is 0.958 bits per heavy atom. The zero-order valence-corrected chi connectivity index (χ0v) is 13.4. The Hall–Kier alpha value is -3.13. The van der Waals surface area contributed by atoms with E-state index in [-0.39, 0.29) is 5.91 Å². The molecule has 2 heteroatoms. The molecule has 0 aromatic heterocycles. The van der Waals surface area contributed by atoms with Crippen LogP contribution in [0.1, 0.15) is 11.1 Å². The molecule has 0 unspecified atom stereocenters. The average molecular weight is 313 g/mol. The number of rotatable bonds is 5. The summed E-state index contributed by atoms with van der Waals surface area (Å²) in [4.78, 5) is 11.5. The third-order valence-electron chi connectivity index (χ3n) is 3.88. The quantitative estimate of drug-likeness (QED) is 0.643. The molecule has 0 aliphatic carbocycles. The molecule has 0 saturated carbocycles. The van der Waals surface area contributed by atoms with E-state index in [4.69, 9.17) is 0 Å². The lowest BCUT2D eigenvalue weighted by atomic mass is 10.1. The first kappa shape index (κ1) is 15.8. The van der Waals surface area contributed by atoms with Crippen molar-refractivity contribution in [2.75, 3.05) is 5.32 Å². The summed E-state index contributed by atoms with van der Waals surface area (Å²) in [6.45, 7) is 3.49. The summed E-state index contributed by atoms with van der Waals surface area (Å²) in [6, 6.07) is 22.6. The number of carbonyl (C=O) groups is 1. The molecule has 3 aromatic carbocycles. The second-order valence-corrected chi connectivity index (χ2v) is 5.56. The van der Waals surface area contributed by atoms with Crippen molar-refractivity contribution in [3.8, 4) is 0 Å². The van der Waals surface area contributed by atoms with E-state index in [2.05, 4.69) is 54.4 Å². The van der Waals surface area contributed by atoms with Gasteiger partial charge in [0.2, 0.25) is 5.91 Å². The van der Waals surface area contributed by atoms with E-state index >= 15 is 0 Å². The van der Waals surface area contributed by atoms with Gasteiger partial charge in [0.1, 0.15) is 0 Å². The first-order valence-corrected chi connectivity index (χ1v) is 7.93. The van der Waals surface area contributed by atoms with Crippen LogP contribution < -0.4 is 5.32 Å². The molecule has 1 N–H and O–H groups in total. The lowest BCUT2D eigenvalue weighted by Gasteiger charge is -2.07. The van der Waals surface area contributed by atoms with Crippen molar-refractivity contribution in [1.82, 2.24) is 0 Å². The lowest BCUT2D eigenvalue weighted by Crippen LogP contribution is -2.09. The standard InChI is InChI=1S/C22H19NO/c1-2-22(24)23-21-13-6-5-10-19(21)12-7-8-17-14-15-18-9-3-4-11-20(18)16-17/h2-11,13-16H,1,12H2,(H,23,24)/b8-7+. The van der Waals surface area contributed by atoms with Crippen molar-refractivity contribution in [3.05, 3.63) is 96.6 Å². The number of para-hydroxylation sites is 1. The van der Waals surface area contributed by atoms with Crippen molar-refractivity contribution < 1.29 is 4.79 Å². The summed E-state index contributed by atoms with van der Waals surface area (Å²) in [5.74, 6) is -0.194. The minimum absolute atomic E-state index is 0.194. The Balaban J connectivity index is 1.75. The molecule has 118 valence electrons. The second-order valence-electron chi connectivity index (χ2n) is 5.56. The highest BCUT2D eigenvalue weighted by atomic mass is 16.1. The number of amides is 1. The number of nitrogens with one attached hydrogen (secondary N) is 1. The fraction of sp³-hybridized carbons (Fsp3) is 0.0455. The van der Waals surface area contributed by atoms with Gasteiger partial charge in [0.15, 0.2) is 0 Å². The first-order chi connectivity index (χ1) is 11.8. The van der Waals surface area contributed by atoms with E-state index in [9.17, 15) is 4.79 Å². The SMILES string of the molecule is C=CC(=O)Nc1ccccc1C/C=C/c1ccc2ccccc2c1. The molecule has 0 aliphatic rings. The number of benzene rings is 3. The molecule has 0 radical (unpaired) electrons. The van der Waals surface area contributed by atoms with Gasteiger partial charge in [-0.15, -0.1) is 0 Å². The molecule has 2 nitrogen and oxygen atoms in total. The smallest absolute Gasteiger partial charge is 0.247 e. The minimum Gasteiger partial charge on any atom is -0.322 e. The molecule has 1 amide bonds. The van der Waals surface area contributed by atoms with Crippen LogP contribution in [0.15, 0.2) is 85.5 Å². The van der Waals surface area contributed by atoms with Gasteiger partial charge in [-0.25, -0.2) is 0 Å². The van der Waals surface area contributed by atoms with Crippen molar-refractivity contribution in [2.45, 2.75) is 6.42 Å². The van der Waals surface area contributed by atoms with Gasteiger partial charge in [0.25, 0.3) is 0 Å². The van der Waals surface area contributed by atoms with Crippen molar-refractivity contribution >= 4 is 28.4 Å². The molecule has 0 saturated heterocycles. The maximum Gasteiger partial charge on any atom is 0.247 e. The Morgan fingerprint density at radius 3 is 2.54 bits per heavy atom. The van der Waals surface area contributed by atoms with E-state index in [0.717, 1.165) is 17.7 Å². The first-order valence-electron chi connectivity index (χ1n) is 7.93. The van der Waals surface area contributed by atoms with E-state index < -0.39 is 0 Å². The van der Waals surface area contributed by atoms with Gasteiger partial charge in [-0.05, 0) is 46.5 Å². The third kappa shape index (κ3) is 3.79. The molecule has 0 fully saturated rings. The number of hydrogen-bond acceptors (Lipinski definition) is 1. The molecule has 0 heterocycles. The van der Waals surface area contributed by atoms with Crippen LogP contribution in [0, 0.1) is 0 Å². The largest absolute Gasteiger partial charge is 0.322 e. The van der Waals surface area contributed by atoms with Crippen LogP contribution in [-0.4, -0.2) is 5.91 Å². The Morgan fingerprint density at radius 2 is 1.71 bits per heavy atom. The number of carbonyl (C=O) groups excluding carboxylic acids is 1. The molecule has 0 spiro atoms. The van der Waals surface area contributed by atoms with Gasteiger partial charge in [0, 0.05) is 5.69 Å². The molecule has 0 bridgehead atoms. The number of fused-ring (bicyclic) bond motifs is 1. The number of anilines is 1. The summed E-state index contributed by atoms with van der Waals surface area (Å²) in [5, 5.41) is 5.32. The molecule has 24 heavy (non-hydrogen) atoms. The van der Waals surface area contributed by atoms with Crippen molar-refractivity contribution in [1.29, 1.82) is 0 Å². The van der Waals surface area contributed by atoms with Crippen LogP contribution in [0.25, 0.3) is 16.8 Å². The molecule has 3 aromatic rings. The predicted molar refractivity (Wildman–Crippen MR) is 102 cm³/mol. The summed E-state index contributed by atoms with van der Waals surface area (Å²) < 4.78 is 0. The second kappa shape index (κ2) is 7.42. The molecule has 3 rings (SSSR count). The van der Waals surface area contributed by atoms with Crippen LogP contribution in [0.3, 0.4) is 0 Å². The van der Waals surface area contributed by atoms with Crippen molar-refractivity contribution in [3.63, 3.8) is 0 Å². The van der Waals surface area contributed by atoms with Crippen LogP contribution in [-0.2, 0) is 11.2 Å². The van der Waals surface area contributed by atoms with E-state index in [1.54, 1.807) is 0 Å². The monoisotopic (exact) mass is 313 g/mol. The Labute approximate surface area is 142 Å². The van der Waals surface area contributed by atoms with E-state index in [1.807, 2.05) is 36.4 Å². The van der Waals surface area contributed by atoms with Crippen molar-refractivity contribution in [2.24, 2.45) is 0 Å². The highest BCUT2D eigenvalue weighted by Crippen LogP contribution is 2.19. The summed E-state index contributed by atoms with van der Waals surface area (Å²) >= 11 is 0. The van der Waals surface area contributed by atoms with Gasteiger partial charge < -0.3 is 5.32 Å². The maximum atomic E-state index is 11.5. The summed E-state index contributed by atoms with van der Waals surface area (Å²) in [6.07, 6.45) is 6.25. The van der Waals surface area contributed by atoms with Crippen LogP contribution in [0.4, 0.5) is 5.69 Å². The fourth-order valence-corrected chi connectivity index (χ4v) is 2.64. The zero-order valence-electron chi connectivity index (χ0n) is 13.4. The zero-order chi connectivity index (χ0) is 16.8. The molecule has 0 atom stereocenters. The van der Waals surface area contributed by atoms with Crippen LogP contribution in [0.2, 0.25) is 0 Å². The molecular weight excluding hydrogens is 294 g/mol. The van der Waals surface area contributed by atoms with Gasteiger partial charge in [-0.3, -0.25) is 4.79 Å². The van der Waals surface area contributed by atoms with Gasteiger partial charge >= 0.3 is 0 Å². The predicted octanol–water partition coefficient (Wildman–Crippen LogP) is 5.22. The van der Waals surface area contributed by atoms with E-state index in [1.165, 1.54) is 22.4 Å².